The summed E-state index contributed by atoms with van der Waals surface area (Å²) in [4.78, 5) is 4.27. The molecule has 1 unspecified atom stereocenters. The molecule has 1 aliphatic rings. The Morgan fingerprint density at radius 2 is 2.19 bits per heavy atom. The zero-order valence-electron chi connectivity index (χ0n) is 11.3. The Labute approximate surface area is 125 Å². The number of nitrogens with zero attached hydrogens (tertiary/aromatic N) is 2. The predicted octanol–water partition coefficient (Wildman–Crippen LogP) is 3.69. The number of alkyl halides is 3. The van der Waals surface area contributed by atoms with Crippen molar-refractivity contribution in [2.75, 3.05) is 6.54 Å². The fourth-order valence-corrected chi connectivity index (χ4v) is 2.96. The molecule has 21 heavy (non-hydrogen) atoms. The highest BCUT2D eigenvalue weighted by atomic mass is 35.5. The van der Waals surface area contributed by atoms with Crippen molar-refractivity contribution < 1.29 is 13.2 Å². The van der Waals surface area contributed by atoms with Crippen LogP contribution in [0.4, 0.5) is 13.2 Å². The van der Waals surface area contributed by atoms with Crippen LogP contribution in [0.5, 0.6) is 0 Å². The topological polar surface area (TPSA) is 29.3 Å². The minimum Gasteiger partial charge on any atom is -0.314 e. The molecule has 0 bridgehead atoms. The largest absolute Gasteiger partial charge is 0.416 e. The Hall–Kier alpha value is -1.27. The molecule has 0 spiro atoms. The molecule has 0 amide bonds. The van der Waals surface area contributed by atoms with Gasteiger partial charge >= 0.3 is 6.18 Å². The van der Waals surface area contributed by atoms with E-state index in [1.54, 1.807) is 0 Å². The van der Waals surface area contributed by atoms with Gasteiger partial charge in [0.15, 0.2) is 0 Å². The third-order valence-electron chi connectivity index (χ3n) is 3.81. The van der Waals surface area contributed by atoms with Crippen LogP contribution in [0.2, 0.25) is 5.15 Å². The number of imidazole rings is 1. The second-order valence-electron chi connectivity index (χ2n) is 5.34. The number of halogens is 4. The van der Waals surface area contributed by atoms with E-state index in [4.69, 9.17) is 11.6 Å². The maximum atomic E-state index is 12.7. The summed E-state index contributed by atoms with van der Waals surface area (Å²) < 4.78 is 39.6. The van der Waals surface area contributed by atoms with Gasteiger partial charge in [0.1, 0.15) is 10.8 Å². The van der Waals surface area contributed by atoms with Crippen molar-refractivity contribution in [1.82, 2.24) is 14.7 Å². The van der Waals surface area contributed by atoms with E-state index in [1.165, 1.54) is 10.6 Å². The van der Waals surface area contributed by atoms with Crippen LogP contribution in [-0.2, 0) is 12.6 Å². The van der Waals surface area contributed by atoms with Gasteiger partial charge in [-0.2, -0.15) is 13.2 Å². The van der Waals surface area contributed by atoms with Gasteiger partial charge in [0.05, 0.1) is 11.3 Å². The van der Waals surface area contributed by atoms with Crippen molar-refractivity contribution in [3.63, 3.8) is 0 Å². The lowest BCUT2D eigenvalue weighted by molar-refractivity contribution is -0.137. The van der Waals surface area contributed by atoms with E-state index < -0.39 is 11.7 Å². The number of aromatic nitrogens is 2. The van der Waals surface area contributed by atoms with E-state index >= 15 is 0 Å². The molecule has 0 saturated carbocycles. The number of hydrogen-bond acceptors (Lipinski definition) is 2. The van der Waals surface area contributed by atoms with Crippen molar-refractivity contribution in [2.24, 2.45) is 0 Å². The van der Waals surface area contributed by atoms with E-state index in [0.717, 1.165) is 37.9 Å². The molecule has 7 heteroatoms. The molecular formula is C14H15ClF3N3. The molecule has 1 fully saturated rings. The molecule has 1 saturated heterocycles. The van der Waals surface area contributed by atoms with Gasteiger partial charge in [0.2, 0.25) is 0 Å². The maximum Gasteiger partial charge on any atom is 0.416 e. The van der Waals surface area contributed by atoms with Crippen molar-refractivity contribution >= 4 is 17.2 Å². The quantitative estimate of drug-likeness (QED) is 0.915. The summed E-state index contributed by atoms with van der Waals surface area (Å²) in [6, 6.07) is 2.34. The second-order valence-corrected chi connectivity index (χ2v) is 5.70. The van der Waals surface area contributed by atoms with Crippen molar-refractivity contribution in [3.8, 4) is 0 Å². The highest BCUT2D eigenvalue weighted by Gasteiger charge is 2.31. The summed E-state index contributed by atoms with van der Waals surface area (Å²) in [5.74, 6) is 0. The summed E-state index contributed by atoms with van der Waals surface area (Å²) in [6.45, 7) is 0.966. The minimum absolute atomic E-state index is 0.237. The van der Waals surface area contributed by atoms with Gasteiger partial charge < -0.3 is 5.32 Å². The van der Waals surface area contributed by atoms with Gasteiger partial charge in [0, 0.05) is 18.7 Å². The lowest BCUT2D eigenvalue weighted by Gasteiger charge is -2.22. The van der Waals surface area contributed by atoms with E-state index in [9.17, 15) is 13.2 Å². The molecule has 3 nitrogen and oxygen atoms in total. The minimum atomic E-state index is -4.37. The molecule has 114 valence electrons. The summed E-state index contributed by atoms with van der Waals surface area (Å²) in [7, 11) is 0. The summed E-state index contributed by atoms with van der Waals surface area (Å²) in [5.41, 5.74) is 0.176. The number of pyridine rings is 1. The summed E-state index contributed by atoms with van der Waals surface area (Å²) in [5, 5.41) is 3.78. The lowest BCUT2D eigenvalue weighted by Crippen LogP contribution is -2.35. The first-order valence-electron chi connectivity index (χ1n) is 6.92. The number of hydrogen-bond donors (Lipinski definition) is 1. The van der Waals surface area contributed by atoms with Gasteiger partial charge in [-0.15, -0.1) is 0 Å². The van der Waals surface area contributed by atoms with E-state index in [2.05, 4.69) is 10.3 Å². The number of rotatable bonds is 2. The molecule has 1 N–H and O–H groups in total. The average Bonchev–Trinajstić information content (AvgIpc) is 2.75. The molecule has 3 heterocycles. The molecule has 2 aromatic heterocycles. The zero-order valence-corrected chi connectivity index (χ0v) is 12.0. The zero-order chi connectivity index (χ0) is 15.0. The molecule has 3 rings (SSSR count). The van der Waals surface area contributed by atoms with E-state index in [-0.39, 0.29) is 5.65 Å². The number of nitrogens with one attached hydrogen (secondary N) is 1. The second kappa shape index (κ2) is 5.50. The van der Waals surface area contributed by atoms with Crippen molar-refractivity contribution in [3.05, 3.63) is 34.7 Å². The first-order chi connectivity index (χ1) is 9.95. The SMILES string of the molecule is FC(F)(F)c1ccn2c(Cl)c(CC3CCCCN3)nc2c1. The smallest absolute Gasteiger partial charge is 0.314 e. The highest BCUT2D eigenvalue weighted by molar-refractivity contribution is 6.30. The highest BCUT2D eigenvalue weighted by Crippen LogP contribution is 2.31. The molecule has 0 radical (unpaired) electrons. The molecule has 1 aliphatic heterocycles. The van der Waals surface area contributed by atoms with Gasteiger partial charge in [0.25, 0.3) is 0 Å². The molecule has 0 aromatic carbocycles. The summed E-state index contributed by atoms with van der Waals surface area (Å²) in [6.07, 6.45) is 0.946. The third-order valence-corrected chi connectivity index (χ3v) is 4.21. The Bertz CT molecular complexity index is 645. The van der Waals surface area contributed by atoms with Crippen LogP contribution in [0.3, 0.4) is 0 Å². The molecule has 1 atom stereocenters. The van der Waals surface area contributed by atoms with Gasteiger partial charge in [-0.25, -0.2) is 4.98 Å². The Balaban J connectivity index is 1.91. The van der Waals surface area contributed by atoms with Crippen LogP contribution in [0.25, 0.3) is 5.65 Å². The van der Waals surface area contributed by atoms with Crippen LogP contribution < -0.4 is 5.32 Å². The van der Waals surface area contributed by atoms with Gasteiger partial charge in [-0.1, -0.05) is 18.0 Å². The monoisotopic (exact) mass is 317 g/mol. The van der Waals surface area contributed by atoms with Gasteiger partial charge in [-0.3, -0.25) is 4.40 Å². The fraction of sp³-hybridized carbons (Fsp3) is 0.500. The van der Waals surface area contributed by atoms with Crippen LogP contribution in [-0.4, -0.2) is 22.0 Å². The van der Waals surface area contributed by atoms with E-state index in [1.807, 2.05) is 0 Å². The van der Waals surface area contributed by atoms with Crippen LogP contribution >= 0.6 is 11.6 Å². The van der Waals surface area contributed by atoms with E-state index in [0.29, 0.717) is 23.3 Å². The first-order valence-corrected chi connectivity index (χ1v) is 7.30. The first kappa shape index (κ1) is 14.7. The number of piperidine rings is 1. The Kier molecular flexibility index (Phi) is 3.84. The van der Waals surface area contributed by atoms with Crippen molar-refractivity contribution in [2.45, 2.75) is 37.9 Å². The van der Waals surface area contributed by atoms with Gasteiger partial charge in [-0.05, 0) is 31.5 Å². The Morgan fingerprint density at radius 1 is 1.38 bits per heavy atom. The van der Waals surface area contributed by atoms with Crippen LogP contribution in [0, 0.1) is 0 Å². The van der Waals surface area contributed by atoms with Crippen molar-refractivity contribution in [1.29, 1.82) is 0 Å². The average molecular weight is 318 g/mol. The molecule has 0 aliphatic carbocycles. The summed E-state index contributed by atoms with van der Waals surface area (Å²) >= 11 is 6.23. The fourth-order valence-electron chi connectivity index (χ4n) is 2.70. The third kappa shape index (κ3) is 3.01. The van der Waals surface area contributed by atoms with Crippen LogP contribution in [0.1, 0.15) is 30.5 Å². The predicted molar refractivity (Wildman–Crippen MR) is 74.5 cm³/mol. The number of fused-ring (bicyclic) bond motifs is 1. The van der Waals surface area contributed by atoms with Crippen LogP contribution in [0.15, 0.2) is 18.3 Å². The Morgan fingerprint density at radius 3 is 2.86 bits per heavy atom. The maximum absolute atomic E-state index is 12.7. The normalized spacial score (nSPS) is 20.1. The molecule has 2 aromatic rings. The standard InChI is InChI=1S/C14H15ClF3N3/c15-13-11(8-10-3-1-2-5-19-10)20-12-7-9(14(16,17)18)4-6-21(12)13/h4,6-7,10,19H,1-3,5,8H2. The molecular weight excluding hydrogens is 303 g/mol. The lowest BCUT2D eigenvalue weighted by atomic mass is 10.0.